The van der Waals surface area contributed by atoms with E-state index in [0.717, 1.165) is 22.0 Å². The highest BCUT2D eigenvalue weighted by molar-refractivity contribution is 9.10. The molecule has 2 aromatic carbocycles. The number of rotatable bonds is 3. The molecule has 4 rings (SSSR count). The number of nitrogens with zero attached hydrogens (tertiary/aromatic N) is 1. The van der Waals surface area contributed by atoms with Gasteiger partial charge < -0.3 is 5.32 Å². The molecule has 136 valence electrons. The maximum atomic E-state index is 12.7. The van der Waals surface area contributed by atoms with Gasteiger partial charge in [0, 0.05) is 17.4 Å². The largest absolute Gasteiger partial charge is 0.348 e. The van der Waals surface area contributed by atoms with Gasteiger partial charge in [-0.25, -0.2) is 8.42 Å². The van der Waals surface area contributed by atoms with E-state index in [1.165, 1.54) is 4.31 Å². The second kappa shape index (κ2) is 6.39. The number of hydrogen-bond donors (Lipinski definition) is 1. The number of benzene rings is 2. The lowest BCUT2D eigenvalue weighted by molar-refractivity contribution is -0.123. The number of hydrogen-bond acceptors (Lipinski definition) is 3. The van der Waals surface area contributed by atoms with Crippen LogP contribution in [-0.4, -0.2) is 27.1 Å². The van der Waals surface area contributed by atoms with E-state index in [1.54, 1.807) is 19.2 Å². The van der Waals surface area contributed by atoms with E-state index >= 15 is 0 Å². The highest BCUT2D eigenvalue weighted by Crippen LogP contribution is 2.48. The quantitative estimate of drug-likeness (QED) is 0.806. The summed E-state index contributed by atoms with van der Waals surface area (Å²) >= 11 is 3.42. The first kappa shape index (κ1) is 17.5. The molecule has 5 nitrogen and oxygen atoms in total. The number of anilines is 1. The van der Waals surface area contributed by atoms with Gasteiger partial charge in [0.2, 0.25) is 15.9 Å². The third-order valence-electron chi connectivity index (χ3n) is 5.19. The number of halogens is 1. The molecule has 1 unspecified atom stereocenters. The lowest BCUT2D eigenvalue weighted by Gasteiger charge is -2.33. The van der Waals surface area contributed by atoms with Gasteiger partial charge in [0.15, 0.2) is 0 Å². The SMILES string of the molecule is CN1c2ccccc2C(NC(=O)[C@@H]2C[C@H]2c2ccc(Br)cc2)CS1(=O)=O. The molecule has 1 heterocycles. The van der Waals surface area contributed by atoms with Crippen LogP contribution < -0.4 is 9.62 Å². The van der Waals surface area contributed by atoms with Crippen LogP contribution in [0.1, 0.15) is 29.5 Å². The first-order valence-electron chi connectivity index (χ1n) is 8.48. The Hall–Kier alpha value is -1.86. The summed E-state index contributed by atoms with van der Waals surface area (Å²) < 4.78 is 27.1. The highest BCUT2D eigenvalue weighted by atomic mass is 79.9. The second-order valence-electron chi connectivity index (χ2n) is 6.87. The summed E-state index contributed by atoms with van der Waals surface area (Å²) in [5.74, 6) is -0.0635. The number of carbonyl (C=O) groups is 1. The lowest BCUT2D eigenvalue weighted by atomic mass is 10.0. The van der Waals surface area contributed by atoms with Gasteiger partial charge in [-0.15, -0.1) is 0 Å². The topological polar surface area (TPSA) is 66.5 Å². The summed E-state index contributed by atoms with van der Waals surface area (Å²) in [4.78, 5) is 12.7. The fraction of sp³-hybridized carbons (Fsp3) is 0.316. The standard InChI is InChI=1S/C19H19BrN2O3S/c1-22-18-5-3-2-4-14(18)17(11-26(22,24)25)21-19(23)16-10-15(16)12-6-8-13(20)9-7-12/h2-9,15-17H,10-11H2,1H3,(H,21,23)/t15-,16+,17?/m0/s1. The van der Waals surface area contributed by atoms with E-state index in [9.17, 15) is 13.2 Å². The van der Waals surface area contributed by atoms with Gasteiger partial charge in [0.05, 0.1) is 17.5 Å². The Labute approximate surface area is 161 Å². The Kier molecular flexibility index (Phi) is 4.31. The van der Waals surface area contributed by atoms with Crippen LogP contribution in [0.2, 0.25) is 0 Å². The van der Waals surface area contributed by atoms with Crippen molar-refractivity contribution in [3.8, 4) is 0 Å². The summed E-state index contributed by atoms with van der Waals surface area (Å²) in [6, 6.07) is 14.8. The van der Waals surface area contributed by atoms with Crippen LogP contribution in [0.3, 0.4) is 0 Å². The molecule has 2 aromatic rings. The number of nitrogens with one attached hydrogen (secondary N) is 1. The molecule has 1 aliphatic carbocycles. The van der Waals surface area contributed by atoms with Crippen molar-refractivity contribution >= 4 is 37.5 Å². The van der Waals surface area contributed by atoms with Crippen LogP contribution in [-0.2, 0) is 14.8 Å². The van der Waals surface area contributed by atoms with Crippen molar-refractivity contribution in [3.05, 3.63) is 64.1 Å². The molecular formula is C19H19BrN2O3S. The Bertz CT molecular complexity index is 959. The molecule has 1 saturated carbocycles. The molecular weight excluding hydrogens is 416 g/mol. The van der Waals surface area contributed by atoms with E-state index in [0.29, 0.717) is 5.69 Å². The molecule has 1 N–H and O–H groups in total. The zero-order valence-electron chi connectivity index (χ0n) is 14.2. The number of fused-ring (bicyclic) bond motifs is 1. The van der Waals surface area contributed by atoms with Gasteiger partial charge in [-0.1, -0.05) is 46.3 Å². The molecule has 1 aliphatic heterocycles. The van der Waals surface area contributed by atoms with E-state index in [4.69, 9.17) is 0 Å². The van der Waals surface area contributed by atoms with Gasteiger partial charge >= 0.3 is 0 Å². The maximum absolute atomic E-state index is 12.7. The van der Waals surface area contributed by atoms with Gasteiger partial charge in [-0.2, -0.15) is 0 Å². The van der Waals surface area contributed by atoms with Crippen molar-refractivity contribution in [2.75, 3.05) is 17.1 Å². The van der Waals surface area contributed by atoms with Gasteiger partial charge in [0.1, 0.15) is 0 Å². The minimum Gasteiger partial charge on any atom is -0.348 e. The van der Waals surface area contributed by atoms with Crippen molar-refractivity contribution in [3.63, 3.8) is 0 Å². The van der Waals surface area contributed by atoms with Crippen molar-refractivity contribution in [1.29, 1.82) is 0 Å². The molecule has 26 heavy (non-hydrogen) atoms. The first-order valence-corrected chi connectivity index (χ1v) is 10.9. The summed E-state index contributed by atoms with van der Waals surface area (Å²) in [6.45, 7) is 0. The van der Waals surface area contributed by atoms with E-state index in [2.05, 4.69) is 21.2 Å². The zero-order chi connectivity index (χ0) is 18.5. The summed E-state index contributed by atoms with van der Waals surface area (Å²) in [5.41, 5.74) is 2.62. The minimum absolute atomic E-state index is 0.0718. The van der Waals surface area contributed by atoms with Crippen LogP contribution in [0, 0.1) is 5.92 Å². The summed E-state index contributed by atoms with van der Waals surface area (Å²) in [7, 11) is -1.88. The maximum Gasteiger partial charge on any atom is 0.237 e. The Morgan fingerprint density at radius 1 is 1.15 bits per heavy atom. The molecule has 2 aliphatic rings. The normalized spacial score (nSPS) is 26.1. The monoisotopic (exact) mass is 434 g/mol. The molecule has 1 amide bonds. The van der Waals surface area contributed by atoms with E-state index in [-0.39, 0.29) is 23.5 Å². The summed E-state index contributed by atoms with van der Waals surface area (Å²) in [6.07, 6.45) is 0.800. The highest BCUT2D eigenvalue weighted by Gasteiger charge is 2.45. The molecule has 0 bridgehead atoms. The average molecular weight is 435 g/mol. The Morgan fingerprint density at radius 2 is 1.85 bits per heavy atom. The number of amides is 1. The van der Waals surface area contributed by atoms with E-state index < -0.39 is 16.1 Å². The van der Waals surface area contributed by atoms with Crippen LogP contribution in [0.15, 0.2) is 53.0 Å². The number of para-hydroxylation sites is 1. The average Bonchev–Trinajstić information content (AvgIpc) is 3.41. The molecule has 1 fully saturated rings. The van der Waals surface area contributed by atoms with Gasteiger partial charge in [-0.3, -0.25) is 9.10 Å². The van der Waals surface area contributed by atoms with Crippen LogP contribution in [0.5, 0.6) is 0 Å². The number of sulfonamides is 1. The van der Waals surface area contributed by atoms with E-state index in [1.807, 2.05) is 36.4 Å². The third kappa shape index (κ3) is 3.14. The predicted molar refractivity (Wildman–Crippen MR) is 105 cm³/mol. The molecule has 0 spiro atoms. The molecule has 0 saturated heterocycles. The van der Waals surface area contributed by atoms with Gasteiger partial charge in [0.25, 0.3) is 0 Å². The molecule has 0 aromatic heterocycles. The third-order valence-corrected chi connectivity index (χ3v) is 7.50. The van der Waals surface area contributed by atoms with Crippen LogP contribution >= 0.6 is 15.9 Å². The van der Waals surface area contributed by atoms with Crippen LogP contribution in [0.4, 0.5) is 5.69 Å². The first-order chi connectivity index (χ1) is 12.4. The second-order valence-corrected chi connectivity index (χ2v) is 9.83. The van der Waals surface area contributed by atoms with Crippen molar-refractivity contribution in [1.82, 2.24) is 5.32 Å². The zero-order valence-corrected chi connectivity index (χ0v) is 16.6. The Morgan fingerprint density at radius 3 is 2.58 bits per heavy atom. The predicted octanol–water partition coefficient (Wildman–Crippen LogP) is 3.19. The number of carbonyl (C=O) groups excluding carboxylic acids is 1. The summed E-state index contributed by atoms with van der Waals surface area (Å²) in [5, 5.41) is 2.97. The minimum atomic E-state index is -3.43. The molecule has 0 radical (unpaired) electrons. The lowest BCUT2D eigenvalue weighted by Crippen LogP contribution is -2.43. The van der Waals surface area contributed by atoms with Gasteiger partial charge in [-0.05, 0) is 41.7 Å². The fourth-order valence-corrected chi connectivity index (χ4v) is 5.23. The fourth-order valence-electron chi connectivity index (χ4n) is 3.59. The Balaban J connectivity index is 1.52. The van der Waals surface area contributed by atoms with Crippen molar-refractivity contribution < 1.29 is 13.2 Å². The van der Waals surface area contributed by atoms with Crippen molar-refractivity contribution in [2.45, 2.75) is 18.4 Å². The molecule has 3 atom stereocenters. The smallest absolute Gasteiger partial charge is 0.237 e. The van der Waals surface area contributed by atoms with Crippen LogP contribution in [0.25, 0.3) is 0 Å². The van der Waals surface area contributed by atoms with Crippen molar-refractivity contribution in [2.24, 2.45) is 5.92 Å². The molecule has 7 heteroatoms.